The van der Waals surface area contributed by atoms with Crippen molar-refractivity contribution in [3.8, 4) is 0 Å². The number of amides is 1. The van der Waals surface area contributed by atoms with Gasteiger partial charge < -0.3 is 15.3 Å². The number of hydrogen-bond donors (Lipinski definition) is 2. The van der Waals surface area contributed by atoms with Gasteiger partial charge in [-0.2, -0.15) is 0 Å². The largest absolute Gasteiger partial charge is 0.474 e. The number of nitrogens with one attached hydrogen (secondary N) is 1. The number of ether oxygens (including phenoxy) is 1. The van der Waals surface area contributed by atoms with Gasteiger partial charge in [0, 0.05) is 7.05 Å². The van der Waals surface area contributed by atoms with Crippen LogP contribution in [0.25, 0.3) is 0 Å². The highest BCUT2D eigenvalue weighted by Gasteiger charge is 2.37. The topological polar surface area (TPSA) is 70.9 Å². The summed E-state index contributed by atoms with van der Waals surface area (Å²) in [5.74, 6) is -0.876. The summed E-state index contributed by atoms with van der Waals surface area (Å²) in [5, 5.41) is 14.5. The standard InChI is InChI=1S/C11H20N2O3/c1-6-7-16-10(13-15)8(9(14)12-5)11(2,3)4/h6,8,15H,1,7H2,2-5H3,(H,12,14)/b13-10-. The molecule has 0 rings (SSSR count). The molecule has 0 radical (unpaired) electrons. The molecule has 0 bridgehead atoms. The van der Waals surface area contributed by atoms with Crippen molar-refractivity contribution in [3.63, 3.8) is 0 Å². The van der Waals surface area contributed by atoms with Crippen molar-refractivity contribution in [2.75, 3.05) is 13.7 Å². The molecule has 0 aliphatic carbocycles. The molecule has 1 unspecified atom stereocenters. The quantitative estimate of drug-likeness (QED) is 0.251. The number of oxime groups is 1. The summed E-state index contributed by atoms with van der Waals surface area (Å²) in [6.45, 7) is 9.30. The van der Waals surface area contributed by atoms with E-state index >= 15 is 0 Å². The Hall–Kier alpha value is -1.52. The third kappa shape index (κ3) is 3.92. The lowest BCUT2D eigenvalue weighted by molar-refractivity contribution is -0.125. The molecule has 0 aromatic heterocycles. The predicted molar refractivity (Wildman–Crippen MR) is 62.4 cm³/mol. The van der Waals surface area contributed by atoms with E-state index in [1.165, 1.54) is 13.1 Å². The van der Waals surface area contributed by atoms with E-state index in [9.17, 15) is 4.79 Å². The van der Waals surface area contributed by atoms with Crippen molar-refractivity contribution in [2.45, 2.75) is 20.8 Å². The van der Waals surface area contributed by atoms with Crippen LogP contribution in [0.2, 0.25) is 0 Å². The Morgan fingerprint density at radius 3 is 2.50 bits per heavy atom. The van der Waals surface area contributed by atoms with Gasteiger partial charge in [0.05, 0.1) is 0 Å². The van der Waals surface area contributed by atoms with E-state index in [2.05, 4.69) is 17.1 Å². The highest BCUT2D eigenvalue weighted by molar-refractivity contribution is 6.00. The summed E-state index contributed by atoms with van der Waals surface area (Å²) in [5.41, 5.74) is -0.400. The molecule has 2 N–H and O–H groups in total. The van der Waals surface area contributed by atoms with Crippen molar-refractivity contribution in [1.29, 1.82) is 0 Å². The minimum Gasteiger partial charge on any atom is -0.474 e. The van der Waals surface area contributed by atoms with E-state index in [4.69, 9.17) is 9.94 Å². The smallest absolute Gasteiger partial charge is 0.238 e. The molecule has 0 heterocycles. The second kappa shape index (κ2) is 6.15. The average Bonchev–Trinajstić information content (AvgIpc) is 2.21. The fourth-order valence-electron chi connectivity index (χ4n) is 1.33. The van der Waals surface area contributed by atoms with Gasteiger partial charge in [-0.25, -0.2) is 0 Å². The summed E-state index contributed by atoms with van der Waals surface area (Å²) < 4.78 is 5.17. The Labute approximate surface area is 96.2 Å². The normalized spacial score (nSPS) is 14.1. The first kappa shape index (κ1) is 14.5. The van der Waals surface area contributed by atoms with Crippen LogP contribution in [-0.2, 0) is 9.53 Å². The second-order valence-electron chi connectivity index (χ2n) is 4.45. The van der Waals surface area contributed by atoms with E-state index < -0.39 is 11.3 Å². The zero-order valence-electron chi connectivity index (χ0n) is 10.3. The van der Waals surface area contributed by atoms with Gasteiger partial charge in [0.1, 0.15) is 12.5 Å². The molecule has 0 aromatic carbocycles. The van der Waals surface area contributed by atoms with E-state index in [1.807, 2.05) is 20.8 Å². The first-order valence-electron chi connectivity index (χ1n) is 5.05. The molecule has 1 atom stereocenters. The molecule has 0 spiro atoms. The van der Waals surface area contributed by atoms with E-state index in [0.717, 1.165) is 0 Å². The molecular formula is C11H20N2O3. The Morgan fingerprint density at radius 1 is 1.62 bits per heavy atom. The predicted octanol–water partition coefficient (Wildman–Crippen LogP) is 1.39. The summed E-state index contributed by atoms with van der Waals surface area (Å²) in [4.78, 5) is 11.7. The van der Waals surface area contributed by atoms with Gasteiger partial charge in [-0.1, -0.05) is 38.6 Å². The van der Waals surface area contributed by atoms with E-state index in [0.29, 0.717) is 0 Å². The molecule has 0 saturated carbocycles. The van der Waals surface area contributed by atoms with Gasteiger partial charge in [-0.3, -0.25) is 4.79 Å². The molecule has 16 heavy (non-hydrogen) atoms. The zero-order valence-corrected chi connectivity index (χ0v) is 10.3. The van der Waals surface area contributed by atoms with Crippen molar-refractivity contribution < 1.29 is 14.7 Å². The van der Waals surface area contributed by atoms with Crippen molar-refractivity contribution >= 4 is 11.8 Å². The number of hydrogen-bond acceptors (Lipinski definition) is 4. The van der Waals surface area contributed by atoms with Gasteiger partial charge in [0.25, 0.3) is 0 Å². The number of nitrogens with zero attached hydrogens (tertiary/aromatic N) is 1. The second-order valence-corrected chi connectivity index (χ2v) is 4.45. The monoisotopic (exact) mass is 228 g/mol. The maximum absolute atomic E-state index is 11.7. The van der Waals surface area contributed by atoms with Crippen LogP contribution in [0.1, 0.15) is 20.8 Å². The lowest BCUT2D eigenvalue weighted by Gasteiger charge is -2.28. The van der Waals surface area contributed by atoms with Crippen molar-refractivity contribution in [1.82, 2.24) is 5.32 Å². The van der Waals surface area contributed by atoms with Crippen LogP contribution < -0.4 is 5.32 Å². The SMILES string of the molecule is C=CCO/C(=N\O)C(C(=O)NC)C(C)(C)C. The molecule has 5 heteroatoms. The summed E-state index contributed by atoms with van der Waals surface area (Å²) in [6, 6.07) is 0. The van der Waals surface area contributed by atoms with Gasteiger partial charge in [0.2, 0.25) is 11.8 Å². The minimum absolute atomic E-state index is 0.00625. The molecule has 0 saturated heterocycles. The van der Waals surface area contributed by atoms with Crippen LogP contribution in [0.5, 0.6) is 0 Å². The summed E-state index contributed by atoms with van der Waals surface area (Å²) >= 11 is 0. The van der Waals surface area contributed by atoms with Crippen LogP contribution in [0.4, 0.5) is 0 Å². The molecule has 0 aromatic rings. The van der Waals surface area contributed by atoms with E-state index in [-0.39, 0.29) is 18.4 Å². The summed E-state index contributed by atoms with van der Waals surface area (Å²) in [6.07, 6.45) is 1.52. The Kier molecular flexibility index (Phi) is 5.56. The molecule has 0 aliphatic rings. The minimum atomic E-state index is -0.637. The van der Waals surface area contributed by atoms with Crippen LogP contribution in [0.3, 0.4) is 0 Å². The Bertz CT molecular complexity index is 279. The lowest BCUT2D eigenvalue weighted by atomic mass is 9.80. The van der Waals surface area contributed by atoms with Gasteiger partial charge in [-0.15, -0.1) is 0 Å². The number of carbonyl (C=O) groups excluding carboxylic acids is 1. The maximum atomic E-state index is 11.7. The lowest BCUT2D eigenvalue weighted by Crippen LogP contribution is -2.42. The Balaban J connectivity index is 5.00. The highest BCUT2D eigenvalue weighted by atomic mass is 16.5. The molecule has 0 aliphatic heterocycles. The van der Waals surface area contributed by atoms with Crippen LogP contribution in [-0.4, -0.2) is 30.7 Å². The molecule has 5 nitrogen and oxygen atoms in total. The number of rotatable bonds is 4. The number of carbonyl (C=O) groups is 1. The van der Waals surface area contributed by atoms with E-state index in [1.54, 1.807) is 0 Å². The molecule has 0 fully saturated rings. The van der Waals surface area contributed by atoms with Crippen LogP contribution in [0.15, 0.2) is 17.8 Å². The molecule has 1 amide bonds. The van der Waals surface area contributed by atoms with Crippen molar-refractivity contribution in [3.05, 3.63) is 12.7 Å². The molecular weight excluding hydrogens is 208 g/mol. The average molecular weight is 228 g/mol. The highest BCUT2D eigenvalue weighted by Crippen LogP contribution is 2.27. The maximum Gasteiger partial charge on any atom is 0.238 e. The first-order valence-corrected chi connectivity index (χ1v) is 5.05. The summed E-state index contributed by atoms with van der Waals surface area (Å²) in [7, 11) is 1.53. The zero-order chi connectivity index (χ0) is 12.8. The van der Waals surface area contributed by atoms with Gasteiger partial charge in [-0.05, 0) is 5.41 Å². The van der Waals surface area contributed by atoms with Crippen LogP contribution >= 0.6 is 0 Å². The third-order valence-corrected chi connectivity index (χ3v) is 2.07. The third-order valence-electron chi connectivity index (χ3n) is 2.07. The van der Waals surface area contributed by atoms with Gasteiger partial charge in [0.15, 0.2) is 0 Å². The first-order chi connectivity index (χ1) is 7.38. The molecule has 92 valence electrons. The van der Waals surface area contributed by atoms with Crippen LogP contribution in [0, 0.1) is 11.3 Å². The Morgan fingerprint density at radius 2 is 2.19 bits per heavy atom. The van der Waals surface area contributed by atoms with Crippen molar-refractivity contribution in [2.24, 2.45) is 16.5 Å². The fourth-order valence-corrected chi connectivity index (χ4v) is 1.33. The van der Waals surface area contributed by atoms with Gasteiger partial charge >= 0.3 is 0 Å². The fraction of sp³-hybridized carbons (Fsp3) is 0.636.